The van der Waals surface area contributed by atoms with Gasteiger partial charge in [0.15, 0.2) is 0 Å². The Bertz CT molecular complexity index is 292. The molecule has 0 aliphatic heterocycles. The number of nitriles is 1. The van der Waals surface area contributed by atoms with Gasteiger partial charge in [-0.15, -0.1) is 0 Å². The van der Waals surface area contributed by atoms with Gasteiger partial charge in [0.1, 0.15) is 0 Å². The van der Waals surface area contributed by atoms with Gasteiger partial charge in [0.2, 0.25) is 0 Å². The predicted molar refractivity (Wildman–Crippen MR) is 57.0 cm³/mol. The molecule has 1 heterocycles. The molecule has 0 saturated carbocycles. The first-order valence-electron chi connectivity index (χ1n) is 4.61. The molecule has 0 bridgehead atoms. The van der Waals surface area contributed by atoms with E-state index in [9.17, 15) is 5.11 Å². The van der Waals surface area contributed by atoms with Gasteiger partial charge in [-0.2, -0.15) is 16.6 Å². The van der Waals surface area contributed by atoms with E-state index in [0.29, 0.717) is 6.54 Å². The van der Waals surface area contributed by atoms with Crippen molar-refractivity contribution in [3.63, 3.8) is 0 Å². The fourth-order valence-corrected chi connectivity index (χ4v) is 1.82. The van der Waals surface area contributed by atoms with E-state index in [-0.39, 0.29) is 6.04 Å². The van der Waals surface area contributed by atoms with Gasteiger partial charge in [-0.3, -0.25) is 5.32 Å². The summed E-state index contributed by atoms with van der Waals surface area (Å²) in [6.45, 7) is 2.38. The fourth-order valence-electron chi connectivity index (χ4n) is 1.12. The van der Waals surface area contributed by atoms with Crippen molar-refractivity contribution in [3.8, 4) is 6.07 Å². The first-order chi connectivity index (χ1) is 6.77. The molecule has 2 atom stereocenters. The van der Waals surface area contributed by atoms with Crippen LogP contribution in [0.5, 0.6) is 0 Å². The molecule has 4 heteroatoms. The molecule has 0 radical (unpaired) electrons. The second-order valence-corrected chi connectivity index (χ2v) is 3.85. The Morgan fingerprint density at radius 3 is 3.00 bits per heavy atom. The predicted octanol–water partition coefficient (Wildman–Crippen LogP) is 1.67. The van der Waals surface area contributed by atoms with Crippen molar-refractivity contribution < 1.29 is 5.11 Å². The standard InChI is InChI=1S/C10H14N2OS/c1-2-9(5-11)12-6-10(13)8-3-4-14-7-8/h3-4,7,9-10,12-13H,2,6H2,1H3. The normalized spacial score (nSPS) is 14.6. The number of aliphatic hydroxyl groups is 1. The molecule has 14 heavy (non-hydrogen) atoms. The lowest BCUT2D eigenvalue weighted by atomic mass is 10.2. The number of hydrogen-bond acceptors (Lipinski definition) is 4. The quantitative estimate of drug-likeness (QED) is 0.777. The summed E-state index contributed by atoms with van der Waals surface area (Å²) in [7, 11) is 0. The zero-order chi connectivity index (χ0) is 10.4. The SMILES string of the molecule is CCC(C#N)NCC(O)c1ccsc1. The maximum atomic E-state index is 9.68. The van der Waals surface area contributed by atoms with Crippen LogP contribution in [0.25, 0.3) is 0 Å². The Morgan fingerprint density at radius 1 is 1.71 bits per heavy atom. The van der Waals surface area contributed by atoms with Gasteiger partial charge >= 0.3 is 0 Å². The van der Waals surface area contributed by atoms with Crippen LogP contribution in [0, 0.1) is 11.3 Å². The summed E-state index contributed by atoms with van der Waals surface area (Å²) in [6.07, 6.45) is 0.246. The van der Waals surface area contributed by atoms with E-state index in [1.807, 2.05) is 23.8 Å². The van der Waals surface area contributed by atoms with E-state index >= 15 is 0 Å². The Balaban J connectivity index is 2.35. The zero-order valence-corrected chi connectivity index (χ0v) is 8.92. The maximum Gasteiger partial charge on any atom is 0.0951 e. The third kappa shape index (κ3) is 3.11. The molecule has 2 unspecified atom stereocenters. The molecule has 1 aromatic heterocycles. The van der Waals surface area contributed by atoms with E-state index in [2.05, 4.69) is 11.4 Å². The van der Waals surface area contributed by atoms with Crippen LogP contribution >= 0.6 is 11.3 Å². The topological polar surface area (TPSA) is 56.0 Å². The van der Waals surface area contributed by atoms with Crippen LogP contribution in [0.15, 0.2) is 16.8 Å². The van der Waals surface area contributed by atoms with Crippen molar-refractivity contribution in [2.45, 2.75) is 25.5 Å². The summed E-state index contributed by atoms with van der Waals surface area (Å²) in [6, 6.07) is 3.86. The molecule has 3 nitrogen and oxygen atoms in total. The maximum absolute atomic E-state index is 9.68. The van der Waals surface area contributed by atoms with Gasteiger partial charge in [0, 0.05) is 6.54 Å². The average Bonchev–Trinajstić information content (AvgIpc) is 2.72. The molecular weight excluding hydrogens is 196 g/mol. The van der Waals surface area contributed by atoms with Crippen molar-refractivity contribution in [1.82, 2.24) is 5.32 Å². The summed E-state index contributed by atoms with van der Waals surface area (Å²) in [5.41, 5.74) is 0.912. The number of rotatable bonds is 5. The van der Waals surface area contributed by atoms with E-state index in [0.717, 1.165) is 12.0 Å². The summed E-state index contributed by atoms with van der Waals surface area (Å²) in [4.78, 5) is 0. The van der Waals surface area contributed by atoms with Gasteiger partial charge < -0.3 is 5.11 Å². The van der Waals surface area contributed by atoms with Crippen LogP contribution in [0.3, 0.4) is 0 Å². The van der Waals surface area contributed by atoms with Gasteiger partial charge in [0.25, 0.3) is 0 Å². The second kappa shape index (κ2) is 5.76. The monoisotopic (exact) mass is 210 g/mol. The van der Waals surface area contributed by atoms with Crippen LogP contribution in [-0.4, -0.2) is 17.7 Å². The van der Waals surface area contributed by atoms with Crippen molar-refractivity contribution >= 4 is 11.3 Å². The molecule has 1 aromatic rings. The minimum atomic E-state index is -0.511. The van der Waals surface area contributed by atoms with Gasteiger partial charge in [-0.1, -0.05) is 6.92 Å². The largest absolute Gasteiger partial charge is 0.387 e. The van der Waals surface area contributed by atoms with Crippen molar-refractivity contribution in [1.29, 1.82) is 5.26 Å². The van der Waals surface area contributed by atoms with E-state index < -0.39 is 6.10 Å². The highest BCUT2D eigenvalue weighted by atomic mass is 32.1. The van der Waals surface area contributed by atoms with Crippen LogP contribution < -0.4 is 5.32 Å². The number of nitrogens with one attached hydrogen (secondary N) is 1. The minimum absolute atomic E-state index is 0.164. The van der Waals surface area contributed by atoms with Gasteiger partial charge in [0.05, 0.1) is 18.2 Å². The summed E-state index contributed by atoms with van der Waals surface area (Å²) in [5, 5.41) is 25.2. The highest BCUT2D eigenvalue weighted by Crippen LogP contribution is 2.15. The first kappa shape index (κ1) is 11.2. The minimum Gasteiger partial charge on any atom is -0.387 e. The number of thiophene rings is 1. The number of aliphatic hydroxyl groups excluding tert-OH is 1. The molecule has 0 fully saturated rings. The van der Waals surface area contributed by atoms with Gasteiger partial charge in [-0.25, -0.2) is 0 Å². The number of hydrogen-bond donors (Lipinski definition) is 2. The molecule has 76 valence electrons. The third-order valence-corrected chi connectivity index (χ3v) is 2.75. The van der Waals surface area contributed by atoms with Crippen LogP contribution in [-0.2, 0) is 0 Å². The summed E-state index contributed by atoms with van der Waals surface area (Å²) < 4.78 is 0. The van der Waals surface area contributed by atoms with Crippen molar-refractivity contribution in [3.05, 3.63) is 22.4 Å². The highest BCUT2D eigenvalue weighted by molar-refractivity contribution is 7.07. The summed E-state index contributed by atoms with van der Waals surface area (Å²) in [5.74, 6) is 0. The molecule has 1 rings (SSSR count). The molecule has 0 aliphatic carbocycles. The molecule has 0 amide bonds. The van der Waals surface area contributed by atoms with Crippen LogP contribution in [0.4, 0.5) is 0 Å². The van der Waals surface area contributed by atoms with Crippen LogP contribution in [0.2, 0.25) is 0 Å². The Hall–Kier alpha value is -0.890. The van der Waals surface area contributed by atoms with E-state index in [4.69, 9.17) is 5.26 Å². The number of nitrogens with zero attached hydrogens (tertiary/aromatic N) is 1. The lowest BCUT2D eigenvalue weighted by molar-refractivity contribution is 0.172. The van der Waals surface area contributed by atoms with Crippen molar-refractivity contribution in [2.75, 3.05) is 6.54 Å². The molecule has 0 saturated heterocycles. The van der Waals surface area contributed by atoms with Crippen LogP contribution in [0.1, 0.15) is 25.0 Å². The van der Waals surface area contributed by atoms with Gasteiger partial charge in [-0.05, 0) is 28.8 Å². The van der Waals surface area contributed by atoms with E-state index in [1.54, 1.807) is 11.3 Å². The molecule has 0 spiro atoms. The van der Waals surface area contributed by atoms with Crippen molar-refractivity contribution in [2.24, 2.45) is 0 Å². The second-order valence-electron chi connectivity index (χ2n) is 3.07. The molecule has 0 aliphatic rings. The Morgan fingerprint density at radius 2 is 2.50 bits per heavy atom. The highest BCUT2D eigenvalue weighted by Gasteiger charge is 2.10. The first-order valence-corrected chi connectivity index (χ1v) is 5.55. The van der Waals surface area contributed by atoms with E-state index in [1.165, 1.54) is 0 Å². The Labute approximate surface area is 88.0 Å². The fraction of sp³-hybridized carbons (Fsp3) is 0.500. The molecule has 2 N–H and O–H groups in total. The summed E-state index contributed by atoms with van der Waals surface area (Å²) >= 11 is 1.56. The lowest BCUT2D eigenvalue weighted by Gasteiger charge is -2.13. The third-order valence-electron chi connectivity index (χ3n) is 2.05. The zero-order valence-electron chi connectivity index (χ0n) is 8.10. The smallest absolute Gasteiger partial charge is 0.0951 e. The lowest BCUT2D eigenvalue weighted by Crippen LogP contribution is -2.30. The molecule has 0 aromatic carbocycles. The molecular formula is C10H14N2OS. The average molecular weight is 210 g/mol. The Kier molecular flexibility index (Phi) is 4.60.